The van der Waals surface area contributed by atoms with E-state index in [0.29, 0.717) is 11.3 Å². The van der Waals surface area contributed by atoms with Gasteiger partial charge in [0.15, 0.2) is 4.80 Å². The van der Waals surface area contributed by atoms with E-state index in [1.165, 1.54) is 11.3 Å². The maximum absolute atomic E-state index is 12.3. The highest BCUT2D eigenvalue weighted by molar-refractivity contribution is 7.07. The third-order valence-corrected chi connectivity index (χ3v) is 4.43. The fourth-order valence-electron chi connectivity index (χ4n) is 2.38. The van der Waals surface area contributed by atoms with Crippen molar-refractivity contribution in [1.82, 2.24) is 13.7 Å². The number of amides is 1. The second-order valence-electron chi connectivity index (χ2n) is 5.03. The number of thiazole rings is 1. The average molecular weight is 316 g/mol. The van der Waals surface area contributed by atoms with E-state index < -0.39 is 0 Å². The number of hydrogen-bond acceptors (Lipinski definition) is 3. The highest BCUT2D eigenvalue weighted by atomic mass is 32.1. The topological polar surface area (TPSA) is 61.3 Å². The van der Waals surface area contributed by atoms with Crippen LogP contribution >= 0.6 is 11.3 Å². The van der Waals surface area contributed by atoms with Gasteiger partial charge >= 0.3 is 5.69 Å². The molecule has 0 bridgehead atoms. The van der Waals surface area contributed by atoms with Gasteiger partial charge in [0, 0.05) is 38.6 Å². The van der Waals surface area contributed by atoms with Crippen LogP contribution in [0.4, 0.5) is 0 Å². The van der Waals surface area contributed by atoms with Crippen LogP contribution < -0.4 is 10.5 Å². The summed E-state index contributed by atoms with van der Waals surface area (Å²) >= 11 is 1.41. The number of hydrogen-bond donors (Lipinski definition) is 0. The van der Waals surface area contributed by atoms with E-state index in [1.807, 2.05) is 42.9 Å². The lowest BCUT2D eigenvalue weighted by Gasteiger charge is -2.00. The van der Waals surface area contributed by atoms with Crippen molar-refractivity contribution < 1.29 is 4.79 Å². The van der Waals surface area contributed by atoms with Gasteiger partial charge in [-0.05, 0) is 12.1 Å². The van der Waals surface area contributed by atoms with Gasteiger partial charge in [-0.15, -0.1) is 11.3 Å². The van der Waals surface area contributed by atoms with E-state index in [0.717, 1.165) is 11.0 Å². The molecule has 6 nitrogen and oxygen atoms in total. The smallest absolute Gasteiger partial charge is 0.327 e. The van der Waals surface area contributed by atoms with Crippen LogP contribution in [0.15, 0.2) is 45.6 Å². The predicted octanol–water partition coefficient (Wildman–Crippen LogP) is 1.26. The Bertz CT molecular complexity index is 958. The second-order valence-corrected chi connectivity index (χ2v) is 5.91. The quantitative estimate of drug-likeness (QED) is 0.730. The van der Waals surface area contributed by atoms with E-state index in [1.54, 1.807) is 20.7 Å². The lowest BCUT2D eigenvalue weighted by molar-refractivity contribution is -0.118. The molecular weight excluding hydrogens is 300 g/mol. The fourth-order valence-corrected chi connectivity index (χ4v) is 3.13. The van der Waals surface area contributed by atoms with Crippen LogP contribution in [0.5, 0.6) is 0 Å². The van der Waals surface area contributed by atoms with Crippen molar-refractivity contribution in [1.29, 1.82) is 0 Å². The molecule has 22 heavy (non-hydrogen) atoms. The van der Waals surface area contributed by atoms with Crippen molar-refractivity contribution in [3.8, 4) is 0 Å². The standard InChI is InChI=1S/C15H16N4O2S/c1-17-9-10-22-14(17)16-13(20)7-8-19-12-6-4-3-5-11(12)18(2)15(19)21/h3-6,9-10H,7-8H2,1-2H3. The highest BCUT2D eigenvalue weighted by Crippen LogP contribution is 2.11. The van der Waals surface area contributed by atoms with Crippen molar-refractivity contribution in [3.63, 3.8) is 0 Å². The Kier molecular flexibility index (Phi) is 3.81. The molecule has 0 aliphatic rings. The minimum Gasteiger partial charge on any atom is -0.327 e. The number of carbonyl (C=O) groups is 1. The number of benzene rings is 1. The largest absolute Gasteiger partial charge is 0.328 e. The summed E-state index contributed by atoms with van der Waals surface area (Å²) in [5, 5.41) is 1.88. The molecule has 0 radical (unpaired) electrons. The van der Waals surface area contributed by atoms with Crippen LogP contribution in [0.2, 0.25) is 0 Å². The molecule has 0 spiro atoms. The third kappa shape index (κ3) is 2.55. The maximum atomic E-state index is 12.3. The van der Waals surface area contributed by atoms with Gasteiger partial charge in [0.1, 0.15) is 0 Å². The van der Waals surface area contributed by atoms with Gasteiger partial charge in [0.05, 0.1) is 11.0 Å². The predicted molar refractivity (Wildman–Crippen MR) is 85.7 cm³/mol. The number of rotatable bonds is 3. The van der Waals surface area contributed by atoms with Gasteiger partial charge in [0.2, 0.25) is 5.91 Å². The van der Waals surface area contributed by atoms with Crippen LogP contribution in [0.25, 0.3) is 11.0 Å². The van der Waals surface area contributed by atoms with E-state index in [-0.39, 0.29) is 18.0 Å². The summed E-state index contributed by atoms with van der Waals surface area (Å²) in [7, 11) is 3.58. The van der Waals surface area contributed by atoms with E-state index >= 15 is 0 Å². The number of carbonyl (C=O) groups excluding carboxylic acids is 1. The Morgan fingerprint density at radius 2 is 1.95 bits per heavy atom. The first-order valence-electron chi connectivity index (χ1n) is 6.90. The van der Waals surface area contributed by atoms with Gasteiger partial charge in [-0.25, -0.2) is 4.79 Å². The first-order valence-corrected chi connectivity index (χ1v) is 7.78. The third-order valence-electron chi connectivity index (χ3n) is 3.58. The Morgan fingerprint density at radius 3 is 2.64 bits per heavy atom. The molecule has 3 rings (SSSR count). The molecule has 3 aromatic rings. The normalized spacial score (nSPS) is 12.2. The van der Waals surface area contributed by atoms with Crippen molar-refractivity contribution in [3.05, 3.63) is 51.1 Å². The number of aryl methyl sites for hydroxylation is 3. The Hall–Kier alpha value is -2.41. The van der Waals surface area contributed by atoms with Gasteiger partial charge in [-0.1, -0.05) is 12.1 Å². The van der Waals surface area contributed by atoms with Crippen LogP contribution in [0.3, 0.4) is 0 Å². The molecule has 0 atom stereocenters. The van der Waals surface area contributed by atoms with E-state index in [2.05, 4.69) is 4.99 Å². The summed E-state index contributed by atoms with van der Waals surface area (Å²) in [5.74, 6) is -0.224. The SMILES string of the molecule is Cn1ccsc1=NC(=O)CCn1c(=O)n(C)c2ccccc21. The summed E-state index contributed by atoms with van der Waals surface area (Å²) in [6.45, 7) is 0.331. The minimum atomic E-state index is -0.224. The van der Waals surface area contributed by atoms with Gasteiger partial charge in [-0.2, -0.15) is 4.99 Å². The highest BCUT2D eigenvalue weighted by Gasteiger charge is 2.11. The summed E-state index contributed by atoms with van der Waals surface area (Å²) in [5.41, 5.74) is 1.58. The van der Waals surface area contributed by atoms with E-state index in [9.17, 15) is 9.59 Å². The summed E-state index contributed by atoms with van der Waals surface area (Å²) < 4.78 is 5.01. The van der Waals surface area contributed by atoms with Gasteiger partial charge in [-0.3, -0.25) is 13.9 Å². The molecule has 0 aliphatic heterocycles. The molecule has 1 amide bonds. The maximum Gasteiger partial charge on any atom is 0.328 e. The molecule has 0 saturated carbocycles. The lowest BCUT2D eigenvalue weighted by Crippen LogP contribution is -2.23. The van der Waals surface area contributed by atoms with Crippen molar-refractivity contribution in [2.75, 3.05) is 0 Å². The zero-order valence-corrected chi connectivity index (χ0v) is 13.2. The van der Waals surface area contributed by atoms with Crippen LogP contribution in [-0.2, 0) is 25.4 Å². The second kappa shape index (κ2) is 5.76. The van der Waals surface area contributed by atoms with Gasteiger partial charge in [0.25, 0.3) is 0 Å². The Balaban J connectivity index is 1.86. The zero-order valence-electron chi connectivity index (χ0n) is 12.4. The number of imidazole rings is 1. The number of fused-ring (bicyclic) bond motifs is 1. The number of para-hydroxylation sites is 2. The van der Waals surface area contributed by atoms with Crippen molar-refractivity contribution in [2.24, 2.45) is 19.1 Å². The Labute approximate surface area is 130 Å². The molecule has 2 heterocycles. The molecule has 1 aromatic carbocycles. The summed E-state index contributed by atoms with van der Waals surface area (Å²) in [6, 6.07) is 7.56. The van der Waals surface area contributed by atoms with Crippen LogP contribution in [-0.4, -0.2) is 19.6 Å². The van der Waals surface area contributed by atoms with Crippen molar-refractivity contribution >= 4 is 28.3 Å². The summed E-state index contributed by atoms with van der Waals surface area (Å²) in [4.78, 5) is 29.0. The van der Waals surface area contributed by atoms with Crippen molar-refractivity contribution in [2.45, 2.75) is 13.0 Å². The first-order chi connectivity index (χ1) is 10.6. The molecule has 0 saturated heterocycles. The van der Waals surface area contributed by atoms with Gasteiger partial charge < -0.3 is 4.57 Å². The molecule has 0 fully saturated rings. The molecule has 2 aromatic heterocycles. The minimum absolute atomic E-state index is 0.115. The molecular formula is C15H16N4O2S. The molecule has 114 valence electrons. The molecule has 7 heteroatoms. The monoisotopic (exact) mass is 316 g/mol. The zero-order chi connectivity index (χ0) is 15.7. The fraction of sp³-hybridized carbons (Fsp3) is 0.267. The number of aromatic nitrogens is 3. The molecule has 0 N–H and O–H groups in total. The summed E-state index contributed by atoms with van der Waals surface area (Å²) in [6.07, 6.45) is 2.05. The first kappa shape index (κ1) is 14.5. The Morgan fingerprint density at radius 1 is 1.23 bits per heavy atom. The lowest BCUT2D eigenvalue weighted by atomic mass is 10.3. The average Bonchev–Trinajstić information content (AvgIpc) is 3.01. The van der Waals surface area contributed by atoms with E-state index in [4.69, 9.17) is 0 Å². The number of nitrogens with zero attached hydrogens (tertiary/aromatic N) is 4. The molecule has 0 unspecified atom stereocenters. The molecule has 0 aliphatic carbocycles. The van der Waals surface area contributed by atoms with Crippen LogP contribution in [0, 0.1) is 0 Å². The van der Waals surface area contributed by atoms with Crippen LogP contribution in [0.1, 0.15) is 6.42 Å².